The van der Waals surface area contributed by atoms with Crippen LogP contribution in [0.4, 0.5) is 4.79 Å². The molecule has 2 atom stereocenters. The van der Waals surface area contributed by atoms with Crippen molar-refractivity contribution < 1.29 is 29.3 Å². The molecule has 8 heteroatoms. The first-order chi connectivity index (χ1) is 14.0. The molecule has 3 N–H and O–H groups in total. The first kappa shape index (κ1) is 22.8. The van der Waals surface area contributed by atoms with E-state index in [9.17, 15) is 14.7 Å². The van der Waals surface area contributed by atoms with Gasteiger partial charge in [-0.3, -0.25) is 4.79 Å². The molecule has 1 fully saturated rings. The number of nitrogens with zero attached hydrogens (tertiary/aromatic N) is 1. The summed E-state index contributed by atoms with van der Waals surface area (Å²) in [6.45, 7) is 1.29. The summed E-state index contributed by atoms with van der Waals surface area (Å²) in [5.74, 6) is 0.653. The molecule has 0 radical (unpaired) electrons. The molecule has 0 saturated carbocycles. The molecule has 2 unspecified atom stereocenters. The summed E-state index contributed by atoms with van der Waals surface area (Å²) in [6, 6.07) is 7.18. The van der Waals surface area contributed by atoms with E-state index in [0.717, 1.165) is 31.4 Å². The van der Waals surface area contributed by atoms with Crippen molar-refractivity contribution >= 4 is 12.0 Å². The minimum Gasteiger partial charge on any atom is -0.497 e. The molecular weight excluding hydrogens is 376 g/mol. The molecule has 0 bridgehead atoms. The largest absolute Gasteiger partial charge is 0.497 e. The number of carbonyl (C=O) groups is 2. The number of hydrogen-bond donors (Lipinski definition) is 3. The van der Waals surface area contributed by atoms with Gasteiger partial charge in [-0.1, -0.05) is 19.3 Å². The lowest BCUT2D eigenvalue weighted by Gasteiger charge is -2.18. The monoisotopic (exact) mass is 408 g/mol. The van der Waals surface area contributed by atoms with Gasteiger partial charge in [0, 0.05) is 25.6 Å². The van der Waals surface area contributed by atoms with E-state index in [4.69, 9.17) is 14.6 Å². The summed E-state index contributed by atoms with van der Waals surface area (Å²) < 4.78 is 10.7. The Balaban J connectivity index is 1.58. The van der Waals surface area contributed by atoms with Crippen molar-refractivity contribution in [3.63, 3.8) is 0 Å². The number of aliphatic hydroxyl groups is 1. The molecule has 29 heavy (non-hydrogen) atoms. The Morgan fingerprint density at radius 2 is 1.90 bits per heavy atom. The van der Waals surface area contributed by atoms with E-state index in [1.54, 1.807) is 36.3 Å². The maximum Gasteiger partial charge on any atom is 0.317 e. The van der Waals surface area contributed by atoms with Gasteiger partial charge in [0.1, 0.15) is 18.1 Å². The molecule has 1 heterocycles. The highest BCUT2D eigenvalue weighted by Crippen LogP contribution is 2.18. The topological polar surface area (TPSA) is 108 Å². The molecule has 0 aliphatic carbocycles. The van der Waals surface area contributed by atoms with E-state index in [2.05, 4.69) is 5.32 Å². The molecular formula is C21H32N2O6. The Morgan fingerprint density at radius 1 is 1.21 bits per heavy atom. The number of carbonyl (C=O) groups excluding carboxylic acids is 1. The fourth-order valence-corrected chi connectivity index (χ4v) is 3.29. The van der Waals surface area contributed by atoms with Gasteiger partial charge in [0.25, 0.3) is 0 Å². The van der Waals surface area contributed by atoms with Crippen LogP contribution in [0.3, 0.4) is 0 Å². The molecule has 2 rings (SSSR count). The summed E-state index contributed by atoms with van der Waals surface area (Å²) in [6.07, 6.45) is 4.45. The van der Waals surface area contributed by atoms with Gasteiger partial charge >= 0.3 is 12.0 Å². The average molecular weight is 408 g/mol. The van der Waals surface area contributed by atoms with Crippen molar-refractivity contribution in [2.24, 2.45) is 0 Å². The van der Waals surface area contributed by atoms with Crippen LogP contribution in [0.5, 0.6) is 11.5 Å². The highest BCUT2D eigenvalue weighted by atomic mass is 16.5. The Bertz CT molecular complexity index is 637. The first-order valence-electron chi connectivity index (χ1n) is 10.2. The second-order valence-corrected chi connectivity index (χ2v) is 7.37. The van der Waals surface area contributed by atoms with Crippen molar-refractivity contribution in [1.29, 1.82) is 0 Å². The van der Waals surface area contributed by atoms with Gasteiger partial charge in [-0.05, 0) is 43.5 Å². The molecule has 1 aliphatic heterocycles. The number of aliphatic hydroxyl groups excluding tert-OH is 1. The zero-order chi connectivity index (χ0) is 21.1. The molecule has 162 valence electrons. The first-order valence-corrected chi connectivity index (χ1v) is 10.2. The lowest BCUT2D eigenvalue weighted by Crippen LogP contribution is -2.32. The summed E-state index contributed by atoms with van der Waals surface area (Å²) >= 11 is 0. The van der Waals surface area contributed by atoms with Crippen molar-refractivity contribution in [1.82, 2.24) is 10.2 Å². The maximum atomic E-state index is 12.1. The minimum atomic E-state index is -0.750. The number of aliphatic carboxylic acids is 1. The predicted octanol–water partition coefficient (Wildman–Crippen LogP) is 2.64. The number of urea groups is 1. The van der Waals surface area contributed by atoms with Crippen LogP contribution in [0, 0.1) is 0 Å². The Kier molecular flexibility index (Phi) is 9.56. The van der Waals surface area contributed by atoms with Crippen molar-refractivity contribution in [3.8, 4) is 11.5 Å². The van der Waals surface area contributed by atoms with E-state index in [1.165, 1.54) is 0 Å². The molecule has 8 nitrogen and oxygen atoms in total. The number of ether oxygens (including phenoxy) is 2. The normalized spacial score (nSPS) is 17.1. The van der Waals surface area contributed by atoms with Gasteiger partial charge < -0.3 is 29.9 Å². The van der Waals surface area contributed by atoms with Crippen LogP contribution < -0.4 is 14.8 Å². The summed E-state index contributed by atoms with van der Waals surface area (Å²) in [5, 5.41) is 21.7. The smallest absolute Gasteiger partial charge is 0.317 e. The van der Waals surface area contributed by atoms with Crippen molar-refractivity contribution in [2.75, 3.05) is 26.8 Å². The van der Waals surface area contributed by atoms with E-state index >= 15 is 0 Å². The van der Waals surface area contributed by atoms with Gasteiger partial charge in [0.05, 0.1) is 13.2 Å². The number of benzene rings is 1. The van der Waals surface area contributed by atoms with Crippen LogP contribution in [0.1, 0.15) is 44.9 Å². The number of carboxylic acids is 1. The summed E-state index contributed by atoms with van der Waals surface area (Å²) in [4.78, 5) is 24.3. The molecule has 2 amide bonds. The third-order valence-electron chi connectivity index (χ3n) is 4.98. The van der Waals surface area contributed by atoms with Gasteiger partial charge in [-0.25, -0.2) is 4.79 Å². The molecule has 1 aromatic carbocycles. The third-order valence-corrected chi connectivity index (χ3v) is 4.98. The minimum absolute atomic E-state index is 0.0934. The molecule has 1 saturated heterocycles. The molecule has 1 aliphatic rings. The Morgan fingerprint density at radius 3 is 2.59 bits per heavy atom. The highest BCUT2D eigenvalue weighted by Gasteiger charge is 2.28. The quantitative estimate of drug-likeness (QED) is 0.409. The number of unbranched alkanes of at least 4 members (excludes halogenated alkanes) is 3. The number of methoxy groups -OCH3 is 1. The van der Waals surface area contributed by atoms with Crippen LogP contribution in [0.2, 0.25) is 0 Å². The molecule has 0 aromatic heterocycles. The predicted molar refractivity (Wildman–Crippen MR) is 108 cm³/mol. The van der Waals surface area contributed by atoms with Gasteiger partial charge in [-0.2, -0.15) is 0 Å². The van der Waals surface area contributed by atoms with Crippen LogP contribution in [0.25, 0.3) is 0 Å². The third kappa shape index (κ3) is 8.60. The van der Waals surface area contributed by atoms with Gasteiger partial charge in [0.15, 0.2) is 0 Å². The highest BCUT2D eigenvalue weighted by molar-refractivity contribution is 5.76. The standard InChI is InChI=1S/C21H32N2O6/c1-28-18-8-10-19(11-9-18)29-15-17(24)12-13-23-14-16(22-21(23)27)6-4-2-3-5-7-20(25)26/h8-11,16-17,24H,2-7,12-15H2,1H3,(H,22,27)(H,25,26). The second-order valence-electron chi connectivity index (χ2n) is 7.37. The number of hydrogen-bond acceptors (Lipinski definition) is 5. The zero-order valence-corrected chi connectivity index (χ0v) is 17.0. The SMILES string of the molecule is COc1ccc(OCC(O)CCN2CC(CCCCCCC(=O)O)NC2=O)cc1. The van der Waals surface area contributed by atoms with E-state index in [0.29, 0.717) is 31.7 Å². The number of carboxylic acid groups (broad SMARTS) is 1. The van der Waals surface area contributed by atoms with E-state index < -0.39 is 12.1 Å². The number of nitrogens with one attached hydrogen (secondary N) is 1. The van der Waals surface area contributed by atoms with Crippen molar-refractivity contribution in [2.45, 2.75) is 57.1 Å². The number of amides is 2. The lowest BCUT2D eigenvalue weighted by atomic mass is 10.1. The van der Waals surface area contributed by atoms with Crippen LogP contribution in [-0.4, -0.2) is 66.1 Å². The van der Waals surface area contributed by atoms with Crippen LogP contribution in [-0.2, 0) is 4.79 Å². The van der Waals surface area contributed by atoms with Crippen LogP contribution in [0.15, 0.2) is 24.3 Å². The maximum absolute atomic E-state index is 12.1. The molecule has 1 aromatic rings. The number of rotatable bonds is 14. The second kappa shape index (κ2) is 12.2. The van der Waals surface area contributed by atoms with Crippen molar-refractivity contribution in [3.05, 3.63) is 24.3 Å². The fourth-order valence-electron chi connectivity index (χ4n) is 3.29. The average Bonchev–Trinajstić information content (AvgIpc) is 3.07. The van der Waals surface area contributed by atoms with E-state index in [-0.39, 0.29) is 25.1 Å². The summed E-state index contributed by atoms with van der Waals surface area (Å²) in [7, 11) is 1.60. The lowest BCUT2D eigenvalue weighted by molar-refractivity contribution is -0.137. The molecule has 0 spiro atoms. The summed E-state index contributed by atoms with van der Waals surface area (Å²) in [5.41, 5.74) is 0. The van der Waals surface area contributed by atoms with Gasteiger partial charge in [-0.15, -0.1) is 0 Å². The van der Waals surface area contributed by atoms with Gasteiger partial charge in [0.2, 0.25) is 0 Å². The Labute approximate surface area is 171 Å². The fraction of sp³-hybridized carbons (Fsp3) is 0.619. The Hall–Kier alpha value is -2.48. The zero-order valence-electron chi connectivity index (χ0n) is 17.0. The van der Waals surface area contributed by atoms with E-state index in [1.807, 2.05) is 0 Å². The van der Waals surface area contributed by atoms with Crippen LogP contribution >= 0.6 is 0 Å².